The number of aromatic nitrogens is 1. The van der Waals surface area contributed by atoms with Crippen LogP contribution in [-0.2, 0) is 0 Å². The van der Waals surface area contributed by atoms with E-state index in [9.17, 15) is 4.79 Å². The quantitative estimate of drug-likeness (QED) is 0.736. The van der Waals surface area contributed by atoms with Gasteiger partial charge in [0.25, 0.3) is 5.91 Å². The summed E-state index contributed by atoms with van der Waals surface area (Å²) in [6.07, 6.45) is 0. The second-order valence-electron chi connectivity index (χ2n) is 6.42. The lowest BCUT2D eigenvalue weighted by molar-refractivity contribution is 0.102. The number of hydrogen-bond acceptors (Lipinski definition) is 3. The lowest BCUT2D eigenvalue weighted by atomic mass is 10.0. The Bertz CT molecular complexity index is 932. The molecule has 1 amide bonds. The summed E-state index contributed by atoms with van der Waals surface area (Å²) in [5.74, 6) is 0.718. The van der Waals surface area contributed by atoms with Crippen LogP contribution in [-0.4, -0.2) is 18.0 Å². The van der Waals surface area contributed by atoms with Crippen LogP contribution in [0.3, 0.4) is 0 Å². The van der Waals surface area contributed by atoms with Crippen LogP contribution < -0.4 is 10.1 Å². The van der Waals surface area contributed by atoms with E-state index >= 15 is 0 Å². The van der Waals surface area contributed by atoms with Crippen molar-refractivity contribution in [1.82, 2.24) is 4.98 Å². The molecule has 3 aromatic rings. The summed E-state index contributed by atoms with van der Waals surface area (Å²) in [5, 5.41) is 3.83. The number of benzene rings is 2. The number of rotatable bonds is 4. The van der Waals surface area contributed by atoms with E-state index in [2.05, 4.69) is 24.1 Å². The van der Waals surface area contributed by atoms with E-state index < -0.39 is 0 Å². The molecule has 0 atom stereocenters. The summed E-state index contributed by atoms with van der Waals surface area (Å²) < 4.78 is 5.36. The zero-order valence-corrected chi connectivity index (χ0v) is 15.0. The van der Waals surface area contributed by atoms with E-state index in [4.69, 9.17) is 4.74 Å². The highest BCUT2D eigenvalue weighted by molar-refractivity contribution is 6.12. The number of carbonyl (C=O) groups is 1. The number of pyridine rings is 1. The maximum Gasteiger partial charge on any atom is 0.256 e. The van der Waals surface area contributed by atoms with Gasteiger partial charge in [0.15, 0.2) is 0 Å². The molecule has 0 aliphatic rings. The molecule has 0 unspecified atom stereocenters. The standard InChI is InChI=1S/C21H22N2O2/c1-13(2)18-12-16(15-7-5-6-8-17(15)22-18)21(24)23-19-11-14(3)9-10-20(19)25-4/h5-13H,1-4H3,(H,23,24). The smallest absolute Gasteiger partial charge is 0.256 e. The lowest BCUT2D eigenvalue weighted by Crippen LogP contribution is -2.14. The van der Waals surface area contributed by atoms with Crippen LogP contribution in [0, 0.1) is 6.92 Å². The van der Waals surface area contributed by atoms with Gasteiger partial charge >= 0.3 is 0 Å². The predicted octanol–water partition coefficient (Wildman–Crippen LogP) is 4.93. The number of fused-ring (bicyclic) bond motifs is 1. The fourth-order valence-corrected chi connectivity index (χ4v) is 2.79. The van der Waals surface area contributed by atoms with Gasteiger partial charge in [0.05, 0.1) is 23.9 Å². The van der Waals surface area contributed by atoms with Gasteiger partial charge in [-0.1, -0.05) is 38.1 Å². The number of hydrogen-bond donors (Lipinski definition) is 1. The van der Waals surface area contributed by atoms with Crippen molar-refractivity contribution in [2.24, 2.45) is 0 Å². The number of nitrogens with one attached hydrogen (secondary N) is 1. The van der Waals surface area contributed by atoms with Crippen LogP contribution in [0.5, 0.6) is 5.75 Å². The van der Waals surface area contributed by atoms with Crippen molar-refractivity contribution in [3.05, 3.63) is 65.4 Å². The van der Waals surface area contributed by atoms with Gasteiger partial charge in [-0.05, 0) is 42.7 Å². The van der Waals surface area contributed by atoms with E-state index in [1.54, 1.807) is 7.11 Å². The molecule has 3 rings (SSSR count). The summed E-state index contributed by atoms with van der Waals surface area (Å²) in [6, 6.07) is 15.3. The zero-order valence-electron chi connectivity index (χ0n) is 15.0. The van der Waals surface area contributed by atoms with Crippen LogP contribution in [0.15, 0.2) is 48.5 Å². The second kappa shape index (κ2) is 6.93. The molecule has 0 fully saturated rings. The van der Waals surface area contributed by atoms with Gasteiger partial charge in [-0.2, -0.15) is 0 Å². The second-order valence-corrected chi connectivity index (χ2v) is 6.42. The number of para-hydroxylation sites is 1. The van der Waals surface area contributed by atoms with Crippen molar-refractivity contribution >= 4 is 22.5 Å². The van der Waals surface area contributed by atoms with Crippen LogP contribution >= 0.6 is 0 Å². The average Bonchev–Trinajstić information content (AvgIpc) is 2.60. The Balaban J connectivity index is 2.07. The third kappa shape index (κ3) is 3.48. The Hall–Kier alpha value is -2.88. The highest BCUT2D eigenvalue weighted by atomic mass is 16.5. The topological polar surface area (TPSA) is 51.2 Å². The Morgan fingerprint density at radius 1 is 1.12 bits per heavy atom. The normalized spacial score (nSPS) is 10.9. The van der Waals surface area contributed by atoms with Crippen molar-refractivity contribution in [3.63, 3.8) is 0 Å². The van der Waals surface area contributed by atoms with E-state index in [1.807, 2.05) is 55.5 Å². The summed E-state index contributed by atoms with van der Waals surface area (Å²) in [6.45, 7) is 6.12. The zero-order chi connectivity index (χ0) is 18.0. The van der Waals surface area contributed by atoms with Gasteiger partial charge < -0.3 is 10.1 Å². The summed E-state index contributed by atoms with van der Waals surface area (Å²) >= 11 is 0. The molecule has 128 valence electrons. The molecule has 0 aliphatic heterocycles. The number of aryl methyl sites for hydroxylation is 1. The Kier molecular flexibility index (Phi) is 4.70. The maximum atomic E-state index is 13.0. The SMILES string of the molecule is COc1ccc(C)cc1NC(=O)c1cc(C(C)C)nc2ccccc12. The molecule has 2 aromatic carbocycles. The van der Waals surface area contributed by atoms with Crippen LogP contribution in [0.1, 0.15) is 41.4 Å². The number of methoxy groups -OCH3 is 1. The van der Waals surface area contributed by atoms with Gasteiger partial charge in [0.2, 0.25) is 0 Å². The first-order valence-corrected chi connectivity index (χ1v) is 8.35. The number of carbonyl (C=O) groups excluding carboxylic acids is 1. The maximum absolute atomic E-state index is 13.0. The molecule has 0 spiro atoms. The molecule has 1 N–H and O–H groups in total. The third-order valence-electron chi connectivity index (χ3n) is 4.18. The monoisotopic (exact) mass is 334 g/mol. The molecule has 0 aliphatic carbocycles. The number of nitrogens with zero attached hydrogens (tertiary/aromatic N) is 1. The Labute approximate surface area is 147 Å². The van der Waals surface area contributed by atoms with Gasteiger partial charge in [-0.25, -0.2) is 0 Å². The van der Waals surface area contributed by atoms with Crippen molar-refractivity contribution in [2.75, 3.05) is 12.4 Å². The molecule has 1 heterocycles. The molecule has 0 bridgehead atoms. The van der Waals surface area contributed by atoms with Gasteiger partial charge in [-0.3, -0.25) is 9.78 Å². The minimum atomic E-state index is -0.163. The number of ether oxygens (including phenoxy) is 1. The molecular formula is C21H22N2O2. The van der Waals surface area contributed by atoms with Crippen molar-refractivity contribution < 1.29 is 9.53 Å². The van der Waals surface area contributed by atoms with Gasteiger partial charge in [0.1, 0.15) is 5.75 Å². The molecule has 4 heteroatoms. The molecule has 1 aromatic heterocycles. The molecule has 4 nitrogen and oxygen atoms in total. The highest BCUT2D eigenvalue weighted by Crippen LogP contribution is 2.28. The van der Waals surface area contributed by atoms with E-state index in [0.29, 0.717) is 17.0 Å². The summed E-state index contributed by atoms with van der Waals surface area (Å²) in [7, 11) is 1.60. The predicted molar refractivity (Wildman–Crippen MR) is 102 cm³/mol. The first-order chi connectivity index (χ1) is 12.0. The Morgan fingerprint density at radius 3 is 2.60 bits per heavy atom. The van der Waals surface area contributed by atoms with E-state index in [1.165, 1.54) is 0 Å². The summed E-state index contributed by atoms with van der Waals surface area (Å²) in [4.78, 5) is 17.7. The molecule has 25 heavy (non-hydrogen) atoms. The molecule has 0 saturated heterocycles. The highest BCUT2D eigenvalue weighted by Gasteiger charge is 2.16. The minimum Gasteiger partial charge on any atom is -0.495 e. The fraction of sp³-hybridized carbons (Fsp3) is 0.238. The first kappa shape index (κ1) is 17.0. The van der Waals surface area contributed by atoms with Crippen LogP contribution in [0.2, 0.25) is 0 Å². The van der Waals surface area contributed by atoms with Crippen molar-refractivity contribution in [1.29, 1.82) is 0 Å². The van der Waals surface area contributed by atoms with E-state index in [-0.39, 0.29) is 11.8 Å². The van der Waals surface area contributed by atoms with Gasteiger partial charge in [0, 0.05) is 11.1 Å². The van der Waals surface area contributed by atoms with Crippen LogP contribution in [0.25, 0.3) is 10.9 Å². The minimum absolute atomic E-state index is 0.163. The lowest BCUT2D eigenvalue weighted by Gasteiger charge is -2.14. The molecule has 0 saturated carbocycles. The Morgan fingerprint density at radius 2 is 1.88 bits per heavy atom. The van der Waals surface area contributed by atoms with Gasteiger partial charge in [-0.15, -0.1) is 0 Å². The fourth-order valence-electron chi connectivity index (χ4n) is 2.79. The van der Waals surface area contributed by atoms with E-state index in [0.717, 1.165) is 22.2 Å². The van der Waals surface area contributed by atoms with Crippen LogP contribution in [0.4, 0.5) is 5.69 Å². The third-order valence-corrected chi connectivity index (χ3v) is 4.18. The molecule has 0 radical (unpaired) electrons. The van der Waals surface area contributed by atoms with Crippen molar-refractivity contribution in [2.45, 2.75) is 26.7 Å². The average molecular weight is 334 g/mol. The number of anilines is 1. The largest absolute Gasteiger partial charge is 0.495 e. The first-order valence-electron chi connectivity index (χ1n) is 8.35. The number of amides is 1. The summed E-state index contributed by atoms with van der Waals surface area (Å²) in [5.41, 5.74) is 4.08. The molecular weight excluding hydrogens is 312 g/mol. The van der Waals surface area contributed by atoms with Crippen molar-refractivity contribution in [3.8, 4) is 5.75 Å².